The molecule has 0 heterocycles. The molecule has 0 N–H and O–H groups in total. The molecule has 0 spiro atoms. The van der Waals surface area contributed by atoms with E-state index in [0.29, 0.717) is 13.0 Å². The highest BCUT2D eigenvalue weighted by molar-refractivity contribution is 7.78. The topological polar surface area (TPSA) is 12.4 Å². The minimum absolute atomic E-state index is 0.442. The Balaban J connectivity index is 3.48. The summed E-state index contributed by atoms with van der Waals surface area (Å²) in [5.74, 6) is 11.5. The van der Waals surface area contributed by atoms with Crippen molar-refractivity contribution in [2.24, 2.45) is 4.99 Å². The van der Waals surface area contributed by atoms with Gasteiger partial charge in [0.1, 0.15) is 6.54 Å². The summed E-state index contributed by atoms with van der Waals surface area (Å²) in [4.78, 5) is 3.63. The predicted molar refractivity (Wildman–Crippen MR) is 50.4 cm³/mol. The molecule has 0 aliphatic carbocycles. The molecule has 56 valence electrons. The Kier molecular flexibility index (Phi) is 8.04. The smallest absolute Gasteiger partial charge is 0.110 e. The first-order chi connectivity index (χ1) is 5.41. The third kappa shape index (κ3) is 8.92. The number of nitrogens with zero attached hydrogens (tertiary/aromatic N) is 1. The van der Waals surface area contributed by atoms with Crippen LogP contribution in [0.1, 0.15) is 19.8 Å². The van der Waals surface area contributed by atoms with Gasteiger partial charge in [-0.05, 0) is 12.2 Å². The van der Waals surface area contributed by atoms with Crippen LogP contribution < -0.4 is 0 Å². The summed E-state index contributed by atoms with van der Waals surface area (Å²) in [6, 6.07) is 0. The van der Waals surface area contributed by atoms with Gasteiger partial charge < -0.3 is 0 Å². The lowest BCUT2D eigenvalue weighted by atomic mass is 10.4. The zero-order valence-electron chi connectivity index (χ0n) is 6.48. The van der Waals surface area contributed by atoms with E-state index in [2.05, 4.69) is 46.1 Å². The quantitative estimate of drug-likeness (QED) is 0.327. The minimum Gasteiger partial charge on any atom is -0.219 e. The van der Waals surface area contributed by atoms with Crippen LogP contribution in [-0.2, 0) is 0 Å². The number of isothiocyanates is 1. The molecule has 11 heavy (non-hydrogen) atoms. The van der Waals surface area contributed by atoms with Crippen molar-refractivity contribution in [1.82, 2.24) is 0 Å². The molecule has 0 aliphatic rings. The van der Waals surface area contributed by atoms with Gasteiger partial charge in [0.25, 0.3) is 0 Å². The molecule has 0 fully saturated rings. The van der Waals surface area contributed by atoms with Crippen LogP contribution in [0, 0.1) is 23.7 Å². The lowest BCUT2D eigenvalue weighted by molar-refractivity contribution is 1.27. The van der Waals surface area contributed by atoms with Crippen molar-refractivity contribution in [2.75, 3.05) is 6.54 Å². The fourth-order valence-electron chi connectivity index (χ4n) is 0.422. The van der Waals surface area contributed by atoms with Crippen molar-refractivity contribution in [3.63, 3.8) is 0 Å². The molecule has 0 amide bonds. The SMILES string of the molecule is CCC#CCC#CCN=C=S. The second kappa shape index (κ2) is 8.92. The molecule has 0 saturated carbocycles. The Morgan fingerprint density at radius 2 is 1.91 bits per heavy atom. The number of rotatable bonds is 1. The number of hydrogen-bond donors (Lipinski definition) is 0. The molecule has 0 saturated heterocycles. The Morgan fingerprint density at radius 3 is 2.55 bits per heavy atom. The molecule has 0 aliphatic heterocycles. The van der Waals surface area contributed by atoms with Gasteiger partial charge in [-0.2, -0.15) is 0 Å². The van der Waals surface area contributed by atoms with E-state index in [0.717, 1.165) is 6.42 Å². The second-order valence-corrected chi connectivity index (χ2v) is 1.83. The van der Waals surface area contributed by atoms with E-state index in [4.69, 9.17) is 0 Å². The van der Waals surface area contributed by atoms with E-state index >= 15 is 0 Å². The van der Waals surface area contributed by atoms with Gasteiger partial charge in [0.05, 0.1) is 11.6 Å². The average molecular weight is 163 g/mol. The third-order valence-corrected chi connectivity index (χ3v) is 0.955. The molecule has 0 unspecified atom stereocenters. The Hall–Kier alpha value is -1.08. The van der Waals surface area contributed by atoms with Gasteiger partial charge in [0.2, 0.25) is 0 Å². The maximum atomic E-state index is 4.36. The van der Waals surface area contributed by atoms with Gasteiger partial charge in [-0.1, -0.05) is 24.7 Å². The zero-order valence-corrected chi connectivity index (χ0v) is 7.29. The van der Waals surface area contributed by atoms with Crippen molar-refractivity contribution in [3.05, 3.63) is 0 Å². The Bertz CT molecular complexity index is 253. The Morgan fingerprint density at radius 1 is 1.18 bits per heavy atom. The van der Waals surface area contributed by atoms with Crippen molar-refractivity contribution in [3.8, 4) is 23.7 Å². The lowest BCUT2D eigenvalue weighted by Gasteiger charge is -1.72. The van der Waals surface area contributed by atoms with Crippen LogP contribution >= 0.6 is 12.2 Å². The Labute approximate surface area is 72.9 Å². The van der Waals surface area contributed by atoms with Crippen LogP contribution in [0.2, 0.25) is 0 Å². The molecule has 0 radical (unpaired) electrons. The number of hydrogen-bond acceptors (Lipinski definition) is 2. The number of aliphatic imine (C=N–C) groups is 1. The highest BCUT2D eigenvalue weighted by atomic mass is 32.1. The van der Waals surface area contributed by atoms with Crippen LogP contribution in [0.15, 0.2) is 4.99 Å². The average Bonchev–Trinajstić information content (AvgIpc) is 2.03. The summed E-state index contributed by atoms with van der Waals surface area (Å²) in [6.07, 6.45) is 1.51. The summed E-state index contributed by atoms with van der Waals surface area (Å²) in [5, 5.41) is 2.24. The first-order valence-corrected chi connectivity index (χ1v) is 3.77. The van der Waals surface area contributed by atoms with E-state index in [1.807, 2.05) is 6.92 Å². The highest BCUT2D eigenvalue weighted by Gasteiger charge is 1.66. The summed E-state index contributed by atoms with van der Waals surface area (Å²) in [7, 11) is 0. The molecular formula is C9H9NS. The van der Waals surface area contributed by atoms with Gasteiger partial charge in [0, 0.05) is 6.42 Å². The van der Waals surface area contributed by atoms with Gasteiger partial charge in [-0.15, -0.1) is 5.92 Å². The summed E-state index contributed by atoms with van der Waals surface area (Å²) < 4.78 is 0. The van der Waals surface area contributed by atoms with Crippen LogP contribution in [0.3, 0.4) is 0 Å². The fourth-order valence-corrected chi connectivity index (χ4v) is 0.486. The standard InChI is InChI=1S/C9H9NS/c1-2-3-4-5-6-7-8-10-9-11/h2,5,8H2,1H3. The first-order valence-electron chi connectivity index (χ1n) is 3.37. The van der Waals surface area contributed by atoms with Crippen molar-refractivity contribution >= 4 is 17.4 Å². The highest BCUT2D eigenvalue weighted by Crippen LogP contribution is 1.73. The van der Waals surface area contributed by atoms with E-state index in [1.165, 1.54) is 0 Å². The molecule has 0 aromatic carbocycles. The van der Waals surface area contributed by atoms with E-state index in [1.54, 1.807) is 0 Å². The molecule has 0 aromatic rings. The molecular weight excluding hydrogens is 154 g/mol. The molecule has 0 bridgehead atoms. The number of thiocarbonyl (C=S) groups is 1. The van der Waals surface area contributed by atoms with Crippen molar-refractivity contribution < 1.29 is 0 Å². The van der Waals surface area contributed by atoms with Gasteiger partial charge in [-0.3, -0.25) is 0 Å². The summed E-state index contributed by atoms with van der Waals surface area (Å²) in [6.45, 7) is 2.45. The van der Waals surface area contributed by atoms with Crippen LogP contribution in [-0.4, -0.2) is 11.7 Å². The second-order valence-electron chi connectivity index (χ2n) is 1.64. The maximum absolute atomic E-state index is 4.36. The van der Waals surface area contributed by atoms with Crippen molar-refractivity contribution in [1.29, 1.82) is 0 Å². The van der Waals surface area contributed by atoms with Gasteiger partial charge in [0.15, 0.2) is 0 Å². The van der Waals surface area contributed by atoms with Crippen LogP contribution in [0.5, 0.6) is 0 Å². The first kappa shape index (κ1) is 9.92. The van der Waals surface area contributed by atoms with E-state index in [9.17, 15) is 0 Å². The molecule has 0 rings (SSSR count). The minimum atomic E-state index is 0.442. The van der Waals surface area contributed by atoms with Crippen LogP contribution in [0.4, 0.5) is 0 Å². The monoisotopic (exact) mass is 163 g/mol. The summed E-state index contributed by atoms with van der Waals surface area (Å²) >= 11 is 4.36. The lowest BCUT2D eigenvalue weighted by Crippen LogP contribution is -1.69. The molecule has 0 atom stereocenters. The van der Waals surface area contributed by atoms with E-state index in [-0.39, 0.29) is 0 Å². The molecule has 2 heteroatoms. The predicted octanol–water partition coefficient (Wildman–Crippen LogP) is 1.90. The van der Waals surface area contributed by atoms with Gasteiger partial charge in [-0.25, -0.2) is 4.99 Å². The molecule has 1 nitrogen and oxygen atoms in total. The van der Waals surface area contributed by atoms with Crippen LogP contribution in [0.25, 0.3) is 0 Å². The summed E-state index contributed by atoms with van der Waals surface area (Å²) in [5.41, 5.74) is 0. The fraction of sp³-hybridized carbons (Fsp3) is 0.444. The van der Waals surface area contributed by atoms with Crippen molar-refractivity contribution in [2.45, 2.75) is 19.8 Å². The van der Waals surface area contributed by atoms with E-state index < -0.39 is 0 Å². The van der Waals surface area contributed by atoms with Gasteiger partial charge >= 0.3 is 0 Å². The third-order valence-electron chi connectivity index (χ3n) is 0.826. The zero-order chi connectivity index (χ0) is 8.36. The maximum Gasteiger partial charge on any atom is 0.110 e. The largest absolute Gasteiger partial charge is 0.219 e. The molecule has 0 aromatic heterocycles. The normalized spacial score (nSPS) is 6.27.